The summed E-state index contributed by atoms with van der Waals surface area (Å²) in [7, 11) is 0. The van der Waals surface area contributed by atoms with Gasteiger partial charge in [-0.2, -0.15) is 5.10 Å². The molecule has 2 amide bonds. The molecule has 0 atom stereocenters. The van der Waals surface area contributed by atoms with Gasteiger partial charge in [0.15, 0.2) is 0 Å². The fourth-order valence-corrected chi connectivity index (χ4v) is 1.69. The third-order valence-corrected chi connectivity index (χ3v) is 3.11. The van der Waals surface area contributed by atoms with E-state index in [-0.39, 0.29) is 11.8 Å². The van der Waals surface area contributed by atoms with Crippen LogP contribution < -0.4 is 10.7 Å². The monoisotopic (exact) mass is 325 g/mol. The first-order chi connectivity index (χ1) is 9.06. The number of hydrogen-bond donors (Lipinski definition) is 3. The topological polar surface area (TPSA) is 90.8 Å². The van der Waals surface area contributed by atoms with Gasteiger partial charge in [0.05, 0.1) is 10.7 Å². The number of carbonyl (C=O) groups is 2. The Kier molecular flexibility index (Phi) is 4.16. The molecule has 0 bridgehead atoms. The molecule has 1 aliphatic carbocycles. The van der Waals surface area contributed by atoms with E-state index in [0.717, 1.165) is 12.8 Å². The van der Waals surface area contributed by atoms with Crippen LogP contribution in [0.1, 0.15) is 18.4 Å². The number of hydrazone groups is 1. The lowest BCUT2D eigenvalue weighted by atomic mass is 10.2. The van der Waals surface area contributed by atoms with E-state index in [1.807, 2.05) is 0 Å². The fraction of sp³-hybridized carbons (Fsp3) is 0.250. The van der Waals surface area contributed by atoms with Gasteiger partial charge < -0.3 is 10.4 Å². The van der Waals surface area contributed by atoms with E-state index in [9.17, 15) is 14.7 Å². The zero-order valence-electron chi connectivity index (χ0n) is 9.89. The molecule has 1 aliphatic rings. The summed E-state index contributed by atoms with van der Waals surface area (Å²) in [6.45, 7) is 0. The van der Waals surface area contributed by atoms with Gasteiger partial charge in [-0.3, -0.25) is 9.59 Å². The van der Waals surface area contributed by atoms with Crippen molar-refractivity contribution in [1.29, 1.82) is 0 Å². The number of hydrogen-bond acceptors (Lipinski definition) is 4. The highest BCUT2D eigenvalue weighted by atomic mass is 79.9. The van der Waals surface area contributed by atoms with Crippen LogP contribution >= 0.6 is 15.9 Å². The van der Waals surface area contributed by atoms with Gasteiger partial charge in [-0.15, -0.1) is 0 Å². The highest BCUT2D eigenvalue weighted by Crippen LogP contribution is 2.23. The summed E-state index contributed by atoms with van der Waals surface area (Å²) in [6, 6.07) is 4.89. The first-order valence-electron chi connectivity index (χ1n) is 5.68. The molecule has 0 aliphatic heterocycles. The molecule has 100 valence electrons. The number of halogens is 1. The number of phenolic OH excluding ortho intramolecular Hbond substituents is 1. The van der Waals surface area contributed by atoms with Crippen molar-refractivity contribution >= 4 is 34.0 Å². The predicted octanol–water partition coefficient (Wildman–Crippen LogP) is 0.883. The second-order valence-electron chi connectivity index (χ2n) is 4.16. The molecule has 1 aromatic carbocycles. The van der Waals surface area contributed by atoms with Crippen molar-refractivity contribution in [1.82, 2.24) is 10.7 Å². The van der Waals surface area contributed by atoms with Crippen LogP contribution in [-0.2, 0) is 9.59 Å². The minimum Gasteiger partial charge on any atom is -0.507 e. The van der Waals surface area contributed by atoms with Crippen LogP contribution in [0.3, 0.4) is 0 Å². The number of nitrogens with zero attached hydrogens (tertiary/aromatic N) is 1. The zero-order chi connectivity index (χ0) is 13.8. The molecule has 0 unspecified atom stereocenters. The second kappa shape index (κ2) is 5.83. The summed E-state index contributed by atoms with van der Waals surface area (Å²) < 4.78 is 0.522. The van der Waals surface area contributed by atoms with Crippen molar-refractivity contribution in [3.8, 4) is 5.75 Å². The number of benzene rings is 1. The Morgan fingerprint density at radius 3 is 2.74 bits per heavy atom. The van der Waals surface area contributed by atoms with E-state index >= 15 is 0 Å². The number of aromatic hydroxyl groups is 1. The van der Waals surface area contributed by atoms with Crippen LogP contribution in [0.4, 0.5) is 0 Å². The first kappa shape index (κ1) is 13.5. The Hall–Kier alpha value is -1.89. The number of nitrogens with one attached hydrogen (secondary N) is 2. The van der Waals surface area contributed by atoms with Crippen LogP contribution in [0.2, 0.25) is 0 Å². The van der Waals surface area contributed by atoms with Gasteiger partial charge in [0.1, 0.15) is 5.75 Å². The molecule has 1 saturated carbocycles. The van der Waals surface area contributed by atoms with Crippen molar-refractivity contribution in [2.75, 3.05) is 0 Å². The lowest BCUT2D eigenvalue weighted by Gasteiger charge is -2.01. The van der Waals surface area contributed by atoms with E-state index < -0.39 is 11.8 Å². The highest BCUT2D eigenvalue weighted by molar-refractivity contribution is 9.10. The van der Waals surface area contributed by atoms with Gasteiger partial charge in [-0.05, 0) is 52.5 Å². The molecule has 1 fully saturated rings. The molecular formula is C12H12BrN3O3. The Morgan fingerprint density at radius 1 is 1.37 bits per heavy atom. The molecule has 0 heterocycles. The lowest BCUT2D eigenvalue weighted by Crippen LogP contribution is -2.38. The Balaban J connectivity index is 1.86. The van der Waals surface area contributed by atoms with Crippen LogP contribution in [-0.4, -0.2) is 29.2 Å². The molecule has 0 radical (unpaired) electrons. The predicted molar refractivity (Wildman–Crippen MR) is 72.7 cm³/mol. The zero-order valence-corrected chi connectivity index (χ0v) is 11.5. The minimum absolute atomic E-state index is 0.116. The third-order valence-electron chi connectivity index (χ3n) is 2.47. The maximum absolute atomic E-state index is 11.3. The van der Waals surface area contributed by atoms with E-state index in [4.69, 9.17) is 0 Å². The van der Waals surface area contributed by atoms with E-state index in [1.165, 1.54) is 12.3 Å². The van der Waals surface area contributed by atoms with Gasteiger partial charge in [-0.25, -0.2) is 5.43 Å². The molecule has 0 aromatic heterocycles. The summed E-state index contributed by atoms with van der Waals surface area (Å²) in [5.74, 6) is -1.35. The minimum atomic E-state index is -0.791. The van der Waals surface area contributed by atoms with Crippen molar-refractivity contribution in [3.05, 3.63) is 28.2 Å². The highest BCUT2D eigenvalue weighted by Gasteiger charge is 2.26. The van der Waals surface area contributed by atoms with Gasteiger partial charge in [-0.1, -0.05) is 0 Å². The molecule has 19 heavy (non-hydrogen) atoms. The largest absolute Gasteiger partial charge is 0.507 e. The number of phenols is 1. The molecule has 6 nitrogen and oxygen atoms in total. The van der Waals surface area contributed by atoms with Crippen LogP contribution in [0.5, 0.6) is 5.75 Å². The maximum Gasteiger partial charge on any atom is 0.329 e. The Morgan fingerprint density at radius 2 is 2.11 bits per heavy atom. The number of rotatable bonds is 3. The fourth-order valence-electron chi connectivity index (χ4n) is 1.30. The molecule has 3 N–H and O–H groups in total. The molecule has 2 rings (SSSR count). The second-order valence-corrected chi connectivity index (χ2v) is 5.01. The van der Waals surface area contributed by atoms with Crippen molar-refractivity contribution in [3.63, 3.8) is 0 Å². The molecule has 0 spiro atoms. The van der Waals surface area contributed by atoms with Crippen molar-refractivity contribution in [2.24, 2.45) is 5.10 Å². The van der Waals surface area contributed by atoms with Gasteiger partial charge in [0.25, 0.3) is 0 Å². The van der Waals surface area contributed by atoms with Gasteiger partial charge >= 0.3 is 11.8 Å². The normalized spacial score (nSPS) is 14.4. The van der Waals surface area contributed by atoms with Gasteiger partial charge in [0, 0.05) is 6.04 Å². The summed E-state index contributed by atoms with van der Waals surface area (Å²) in [5.41, 5.74) is 2.81. The van der Waals surface area contributed by atoms with Crippen LogP contribution in [0.25, 0.3) is 0 Å². The quantitative estimate of drug-likeness (QED) is 0.438. The van der Waals surface area contributed by atoms with Crippen LogP contribution in [0, 0.1) is 0 Å². The van der Waals surface area contributed by atoms with Gasteiger partial charge in [0.2, 0.25) is 0 Å². The Bertz CT molecular complexity index is 541. The van der Waals surface area contributed by atoms with Crippen molar-refractivity contribution < 1.29 is 14.7 Å². The average molecular weight is 326 g/mol. The first-order valence-corrected chi connectivity index (χ1v) is 6.48. The lowest BCUT2D eigenvalue weighted by molar-refractivity contribution is -0.139. The van der Waals surface area contributed by atoms with E-state index in [0.29, 0.717) is 10.0 Å². The molecule has 1 aromatic rings. The summed E-state index contributed by atoms with van der Waals surface area (Å²) in [4.78, 5) is 22.6. The summed E-state index contributed by atoms with van der Waals surface area (Å²) >= 11 is 3.16. The third kappa shape index (κ3) is 4.06. The number of amides is 2. The average Bonchev–Trinajstić information content (AvgIpc) is 3.17. The number of carbonyl (C=O) groups excluding carboxylic acids is 2. The maximum atomic E-state index is 11.3. The Labute approximate surface area is 118 Å². The SMILES string of the molecule is O=C(N/N=C/c1ccc(O)c(Br)c1)C(=O)NC1CC1. The van der Waals surface area contributed by atoms with E-state index in [1.54, 1.807) is 12.1 Å². The molecule has 7 heteroatoms. The van der Waals surface area contributed by atoms with Crippen molar-refractivity contribution in [2.45, 2.75) is 18.9 Å². The van der Waals surface area contributed by atoms with E-state index in [2.05, 4.69) is 31.8 Å². The van der Waals surface area contributed by atoms with Crippen LogP contribution in [0.15, 0.2) is 27.8 Å². The summed E-state index contributed by atoms with van der Waals surface area (Å²) in [6.07, 6.45) is 3.22. The summed E-state index contributed by atoms with van der Waals surface area (Å²) in [5, 5.41) is 15.5. The smallest absolute Gasteiger partial charge is 0.329 e. The standard InChI is InChI=1S/C12H12BrN3O3/c13-9-5-7(1-4-10(9)17)6-14-16-12(19)11(18)15-8-2-3-8/h1,4-6,8,17H,2-3H2,(H,15,18)(H,16,19)/b14-6+. The molecule has 0 saturated heterocycles. The molecular weight excluding hydrogens is 314 g/mol.